The molecule has 0 bridgehead atoms. The number of hydrogen-bond donors (Lipinski definition) is 0. The fraction of sp³-hybridized carbons (Fsp3) is 0.650. The zero-order chi connectivity index (χ0) is 18.4. The quantitative estimate of drug-likeness (QED) is 0.409. The van der Waals surface area contributed by atoms with E-state index in [1.54, 1.807) is 12.1 Å². The summed E-state index contributed by atoms with van der Waals surface area (Å²) < 4.78 is 30.0. The van der Waals surface area contributed by atoms with Crippen molar-refractivity contribution in [3.8, 4) is 0 Å². The van der Waals surface area contributed by atoms with Gasteiger partial charge >= 0.3 is 0 Å². The molecule has 140 valence electrons. The van der Waals surface area contributed by atoms with Crippen LogP contribution in [-0.4, -0.2) is 31.2 Å². The van der Waals surface area contributed by atoms with Gasteiger partial charge < -0.3 is 4.90 Å². The summed E-state index contributed by atoms with van der Waals surface area (Å²) in [6.45, 7) is 8.48. The lowest BCUT2D eigenvalue weighted by Gasteiger charge is -2.41. The van der Waals surface area contributed by atoms with Gasteiger partial charge in [0.15, 0.2) is 0 Å². The van der Waals surface area contributed by atoms with Crippen LogP contribution in [0.2, 0.25) is 0 Å². The predicted molar refractivity (Wildman–Crippen MR) is 105 cm³/mol. The van der Waals surface area contributed by atoms with Crippen LogP contribution in [0.3, 0.4) is 0 Å². The molecule has 0 radical (unpaired) electrons. The second-order valence-corrected chi connectivity index (χ2v) is 8.89. The van der Waals surface area contributed by atoms with Gasteiger partial charge in [0.2, 0.25) is 0 Å². The van der Waals surface area contributed by atoms with Crippen LogP contribution in [0.25, 0.3) is 0 Å². The van der Waals surface area contributed by atoms with Crippen LogP contribution < -0.4 is 0 Å². The number of likely N-dealkylation sites (tertiary alicyclic amines) is 1. The van der Waals surface area contributed by atoms with Gasteiger partial charge in [0.05, 0.1) is 4.90 Å². The van der Waals surface area contributed by atoms with E-state index in [2.05, 4.69) is 30.1 Å². The first kappa shape index (κ1) is 20.0. The zero-order valence-electron chi connectivity index (χ0n) is 16.0. The van der Waals surface area contributed by atoms with Gasteiger partial charge in [-0.1, -0.05) is 37.5 Å². The van der Waals surface area contributed by atoms with Crippen molar-refractivity contribution in [2.24, 2.45) is 4.40 Å². The van der Waals surface area contributed by atoms with Crippen molar-refractivity contribution in [3.63, 3.8) is 0 Å². The molecule has 0 aromatic heterocycles. The number of rotatable bonds is 6. The van der Waals surface area contributed by atoms with Gasteiger partial charge in [-0.15, -0.1) is 4.40 Å². The first-order chi connectivity index (χ1) is 11.8. The molecule has 1 aromatic rings. The number of nitrogens with zero attached hydrogens (tertiary/aromatic N) is 2. The van der Waals surface area contributed by atoms with Crippen molar-refractivity contribution in [1.82, 2.24) is 4.90 Å². The molecule has 2 atom stereocenters. The van der Waals surface area contributed by atoms with Crippen LogP contribution >= 0.6 is 0 Å². The largest absolute Gasteiger partial charge is 0.354 e. The first-order valence-electron chi connectivity index (χ1n) is 9.54. The molecule has 1 aliphatic rings. The highest BCUT2D eigenvalue weighted by molar-refractivity contribution is 7.90. The van der Waals surface area contributed by atoms with Gasteiger partial charge in [0, 0.05) is 18.5 Å². The maximum absolute atomic E-state index is 12.8. The molecule has 5 heteroatoms. The van der Waals surface area contributed by atoms with Gasteiger partial charge in [-0.2, -0.15) is 8.42 Å². The fourth-order valence-corrected chi connectivity index (χ4v) is 4.64. The lowest BCUT2D eigenvalue weighted by molar-refractivity contribution is 0.187. The number of hydrogen-bond acceptors (Lipinski definition) is 2. The second kappa shape index (κ2) is 8.84. The summed E-state index contributed by atoms with van der Waals surface area (Å²) in [4.78, 5) is 2.54. The third-order valence-electron chi connectivity index (χ3n) is 5.04. The molecule has 1 fully saturated rings. The number of benzene rings is 1. The third kappa shape index (κ3) is 5.30. The average Bonchev–Trinajstić information content (AvgIpc) is 2.55. The third-order valence-corrected chi connectivity index (χ3v) is 6.36. The summed E-state index contributed by atoms with van der Waals surface area (Å²) in [5.41, 5.74) is 1.05. The van der Waals surface area contributed by atoms with E-state index in [0.717, 1.165) is 49.9 Å². The summed E-state index contributed by atoms with van der Waals surface area (Å²) in [7, 11) is -3.66. The summed E-state index contributed by atoms with van der Waals surface area (Å²) in [5, 5.41) is 0. The maximum Gasteiger partial charge on any atom is 0.283 e. The lowest BCUT2D eigenvalue weighted by atomic mass is 9.96. The maximum atomic E-state index is 12.8. The number of unbranched alkanes of at least 4 members (excludes halogenated alkanes) is 2. The molecule has 0 amide bonds. The Hall–Kier alpha value is -1.36. The average molecular weight is 365 g/mol. The highest BCUT2D eigenvalue weighted by Crippen LogP contribution is 2.26. The SMILES string of the molecule is CCCCC/C(=N/S(=O)(=O)c1ccc(C)cc1)N1C(C)CCCC1C. The highest BCUT2D eigenvalue weighted by Gasteiger charge is 2.28. The standard InChI is InChI=1S/C20H32N2O2S/c1-5-6-7-11-20(22-17(3)9-8-10-18(22)4)21-25(23,24)19-14-12-16(2)13-15-19/h12-15,17-18H,5-11H2,1-4H3/b21-20-. The Labute approximate surface area is 153 Å². The topological polar surface area (TPSA) is 49.7 Å². The number of sulfonamides is 1. The van der Waals surface area contributed by atoms with E-state index in [4.69, 9.17) is 0 Å². The summed E-state index contributed by atoms with van der Waals surface area (Å²) >= 11 is 0. The van der Waals surface area contributed by atoms with Crippen LogP contribution in [0.5, 0.6) is 0 Å². The van der Waals surface area contributed by atoms with Crippen LogP contribution in [0.15, 0.2) is 33.6 Å². The van der Waals surface area contributed by atoms with Crippen molar-refractivity contribution in [1.29, 1.82) is 0 Å². The Morgan fingerprint density at radius 1 is 1.12 bits per heavy atom. The van der Waals surface area contributed by atoms with Crippen molar-refractivity contribution >= 4 is 15.9 Å². The molecule has 0 aliphatic carbocycles. The van der Waals surface area contributed by atoms with E-state index in [-0.39, 0.29) is 4.90 Å². The smallest absolute Gasteiger partial charge is 0.283 e. The van der Waals surface area contributed by atoms with Gasteiger partial charge in [-0.05, 0) is 58.6 Å². The molecular formula is C20H32N2O2S. The Morgan fingerprint density at radius 2 is 1.72 bits per heavy atom. The second-order valence-electron chi connectivity index (χ2n) is 7.29. The zero-order valence-corrected chi connectivity index (χ0v) is 16.8. The van der Waals surface area contributed by atoms with E-state index in [1.165, 1.54) is 6.42 Å². The van der Waals surface area contributed by atoms with Gasteiger partial charge in [0.25, 0.3) is 10.0 Å². The van der Waals surface area contributed by atoms with Crippen LogP contribution in [0.4, 0.5) is 0 Å². The molecule has 1 aliphatic heterocycles. The predicted octanol–water partition coefficient (Wildman–Crippen LogP) is 4.93. The van der Waals surface area contributed by atoms with Crippen molar-refractivity contribution in [2.45, 2.75) is 89.6 Å². The monoisotopic (exact) mass is 364 g/mol. The molecule has 0 N–H and O–H groups in total. The van der Waals surface area contributed by atoms with Gasteiger partial charge in [0.1, 0.15) is 5.84 Å². The van der Waals surface area contributed by atoms with Crippen LogP contribution in [0, 0.1) is 6.92 Å². The van der Waals surface area contributed by atoms with E-state index < -0.39 is 10.0 Å². The molecule has 1 aromatic carbocycles. The van der Waals surface area contributed by atoms with Gasteiger partial charge in [-0.25, -0.2) is 0 Å². The van der Waals surface area contributed by atoms with Crippen molar-refractivity contribution in [3.05, 3.63) is 29.8 Å². The number of piperidine rings is 1. The molecule has 2 rings (SSSR count). The van der Waals surface area contributed by atoms with Crippen LogP contribution in [0.1, 0.15) is 71.3 Å². The van der Waals surface area contributed by atoms with E-state index in [0.29, 0.717) is 12.1 Å². The molecule has 25 heavy (non-hydrogen) atoms. The lowest BCUT2D eigenvalue weighted by Crippen LogP contribution is -2.47. The number of amidine groups is 1. The van der Waals surface area contributed by atoms with E-state index >= 15 is 0 Å². The minimum atomic E-state index is -3.66. The Kier molecular flexibility index (Phi) is 7.05. The molecule has 2 unspecified atom stereocenters. The van der Waals surface area contributed by atoms with E-state index in [1.807, 2.05) is 19.1 Å². The molecule has 0 saturated carbocycles. The Balaban J connectivity index is 2.35. The molecule has 0 spiro atoms. The molecular weight excluding hydrogens is 332 g/mol. The fourth-order valence-electron chi connectivity index (χ4n) is 3.59. The molecule has 1 saturated heterocycles. The van der Waals surface area contributed by atoms with Crippen molar-refractivity contribution < 1.29 is 8.42 Å². The minimum Gasteiger partial charge on any atom is -0.354 e. The van der Waals surface area contributed by atoms with E-state index in [9.17, 15) is 8.42 Å². The Morgan fingerprint density at radius 3 is 2.28 bits per heavy atom. The minimum absolute atomic E-state index is 0.281. The van der Waals surface area contributed by atoms with Crippen LogP contribution in [-0.2, 0) is 10.0 Å². The summed E-state index contributed by atoms with van der Waals surface area (Å²) in [6, 6.07) is 7.65. The van der Waals surface area contributed by atoms with Gasteiger partial charge in [-0.3, -0.25) is 0 Å². The molecule has 4 nitrogen and oxygen atoms in total. The Bertz CT molecular complexity index is 670. The normalized spacial score (nSPS) is 22.2. The highest BCUT2D eigenvalue weighted by atomic mass is 32.2. The summed E-state index contributed by atoms with van der Waals surface area (Å²) in [5.74, 6) is 0.744. The van der Waals surface area contributed by atoms with Crippen molar-refractivity contribution in [2.75, 3.05) is 0 Å². The molecule has 1 heterocycles. The summed E-state index contributed by atoms with van der Waals surface area (Å²) in [6.07, 6.45) is 7.32. The first-order valence-corrected chi connectivity index (χ1v) is 11.0. The number of aryl methyl sites for hydroxylation is 1.